The maximum absolute atomic E-state index is 12.8. The van der Waals surface area contributed by atoms with Crippen LogP contribution in [-0.4, -0.2) is 32.8 Å². The zero-order valence-electron chi connectivity index (χ0n) is 14.8. The van der Waals surface area contributed by atoms with Crippen LogP contribution < -0.4 is 5.32 Å². The maximum Gasteiger partial charge on any atom is 0.322 e. The van der Waals surface area contributed by atoms with Gasteiger partial charge in [0.05, 0.1) is 6.04 Å². The Labute approximate surface area is 145 Å². The van der Waals surface area contributed by atoms with Crippen LogP contribution in [0.1, 0.15) is 80.6 Å². The minimum atomic E-state index is -0.161. The van der Waals surface area contributed by atoms with Crippen molar-refractivity contribution >= 4 is 11.7 Å². The number of hydrogen-bond acceptors (Lipinski definition) is 6. The molecule has 0 unspecified atom stereocenters. The molecule has 1 aliphatic carbocycles. The highest BCUT2D eigenvalue weighted by atomic mass is 16.5. The van der Waals surface area contributed by atoms with Gasteiger partial charge in [-0.25, -0.2) is 4.79 Å². The van der Waals surface area contributed by atoms with Gasteiger partial charge in [-0.2, -0.15) is 4.98 Å². The van der Waals surface area contributed by atoms with E-state index >= 15 is 0 Å². The van der Waals surface area contributed by atoms with Gasteiger partial charge in [0, 0.05) is 18.4 Å². The minimum Gasteiger partial charge on any atom is -0.359 e. The van der Waals surface area contributed by atoms with Crippen molar-refractivity contribution in [1.29, 1.82) is 0 Å². The summed E-state index contributed by atoms with van der Waals surface area (Å²) in [6.07, 6.45) is 3.93. The van der Waals surface area contributed by atoms with Crippen molar-refractivity contribution in [1.82, 2.24) is 20.2 Å². The molecule has 1 saturated heterocycles. The largest absolute Gasteiger partial charge is 0.359 e. The molecule has 2 aromatic heterocycles. The summed E-state index contributed by atoms with van der Waals surface area (Å²) < 4.78 is 10.7. The molecular weight excluding hydrogens is 322 g/mol. The van der Waals surface area contributed by atoms with Gasteiger partial charge in [-0.05, 0) is 32.6 Å². The average molecular weight is 345 g/mol. The van der Waals surface area contributed by atoms with E-state index in [0.717, 1.165) is 31.4 Å². The van der Waals surface area contributed by atoms with Crippen molar-refractivity contribution in [3.63, 3.8) is 0 Å². The zero-order valence-corrected chi connectivity index (χ0v) is 14.8. The molecule has 2 aliphatic rings. The first kappa shape index (κ1) is 16.1. The monoisotopic (exact) mass is 345 g/mol. The highest BCUT2D eigenvalue weighted by molar-refractivity contribution is 5.91. The smallest absolute Gasteiger partial charge is 0.322 e. The number of urea groups is 1. The molecule has 0 radical (unpaired) electrons. The van der Waals surface area contributed by atoms with Gasteiger partial charge in [-0.1, -0.05) is 24.2 Å². The SMILES string of the molecule is Cc1noc(C2CC2)c1NC(=O)N1CCC[C@H]1c1noc(C(C)C)n1. The second-order valence-electron chi connectivity index (χ2n) is 7.21. The minimum absolute atomic E-state index is 0.152. The van der Waals surface area contributed by atoms with Gasteiger partial charge in [0.1, 0.15) is 11.4 Å². The molecule has 1 saturated carbocycles. The predicted octanol–water partition coefficient (Wildman–Crippen LogP) is 3.74. The number of nitrogens with zero attached hydrogens (tertiary/aromatic N) is 4. The van der Waals surface area contributed by atoms with E-state index in [1.807, 2.05) is 20.8 Å². The molecule has 134 valence electrons. The van der Waals surface area contributed by atoms with E-state index in [0.29, 0.717) is 35.6 Å². The summed E-state index contributed by atoms with van der Waals surface area (Å²) >= 11 is 0. The highest BCUT2D eigenvalue weighted by Crippen LogP contribution is 2.44. The Balaban J connectivity index is 1.52. The lowest BCUT2D eigenvalue weighted by atomic mass is 10.2. The summed E-state index contributed by atoms with van der Waals surface area (Å²) in [5, 5.41) is 11.1. The summed E-state index contributed by atoms with van der Waals surface area (Å²) in [6, 6.07) is -0.313. The topological polar surface area (TPSA) is 97.3 Å². The summed E-state index contributed by atoms with van der Waals surface area (Å²) in [5.41, 5.74) is 1.43. The van der Waals surface area contributed by atoms with Crippen LogP contribution >= 0.6 is 0 Å². The van der Waals surface area contributed by atoms with Gasteiger partial charge in [0.25, 0.3) is 0 Å². The fraction of sp³-hybridized carbons (Fsp3) is 0.647. The van der Waals surface area contributed by atoms with E-state index < -0.39 is 0 Å². The summed E-state index contributed by atoms with van der Waals surface area (Å²) in [5.74, 6) is 2.54. The first-order chi connectivity index (χ1) is 12.0. The van der Waals surface area contributed by atoms with E-state index in [1.165, 1.54) is 0 Å². The predicted molar refractivity (Wildman–Crippen MR) is 89.3 cm³/mol. The van der Waals surface area contributed by atoms with Crippen LogP contribution in [0.4, 0.5) is 10.5 Å². The van der Waals surface area contributed by atoms with Crippen LogP contribution in [0.15, 0.2) is 9.05 Å². The van der Waals surface area contributed by atoms with Crippen LogP contribution in [0, 0.1) is 6.92 Å². The second kappa shape index (κ2) is 6.16. The molecule has 1 aliphatic heterocycles. The van der Waals surface area contributed by atoms with Gasteiger partial charge in [-0.15, -0.1) is 0 Å². The Morgan fingerprint density at radius 3 is 2.72 bits per heavy atom. The number of carbonyl (C=O) groups is 1. The molecule has 1 N–H and O–H groups in total. The Morgan fingerprint density at radius 1 is 1.24 bits per heavy atom. The molecule has 0 aromatic carbocycles. The fourth-order valence-corrected chi connectivity index (χ4v) is 3.24. The summed E-state index contributed by atoms with van der Waals surface area (Å²) in [4.78, 5) is 19.1. The zero-order chi connectivity index (χ0) is 17.6. The van der Waals surface area contributed by atoms with Crippen molar-refractivity contribution in [2.45, 2.75) is 64.3 Å². The lowest BCUT2D eigenvalue weighted by Crippen LogP contribution is -2.35. The first-order valence-electron chi connectivity index (χ1n) is 8.92. The van der Waals surface area contributed by atoms with E-state index in [1.54, 1.807) is 4.90 Å². The third-order valence-electron chi connectivity index (χ3n) is 4.83. The number of anilines is 1. The molecule has 25 heavy (non-hydrogen) atoms. The van der Waals surface area contributed by atoms with Crippen LogP contribution in [0.25, 0.3) is 0 Å². The molecule has 4 rings (SSSR count). The molecule has 2 amide bonds. The highest BCUT2D eigenvalue weighted by Gasteiger charge is 2.36. The number of aryl methyl sites for hydroxylation is 1. The van der Waals surface area contributed by atoms with Gasteiger partial charge < -0.3 is 19.3 Å². The van der Waals surface area contributed by atoms with Crippen LogP contribution in [-0.2, 0) is 0 Å². The molecule has 2 aromatic rings. The number of amides is 2. The van der Waals surface area contributed by atoms with Crippen molar-refractivity contribution in [3.05, 3.63) is 23.2 Å². The quantitative estimate of drug-likeness (QED) is 0.906. The van der Waals surface area contributed by atoms with E-state index in [9.17, 15) is 4.79 Å². The molecule has 1 atom stereocenters. The van der Waals surface area contributed by atoms with E-state index in [4.69, 9.17) is 9.05 Å². The number of hydrogen-bond donors (Lipinski definition) is 1. The Morgan fingerprint density at radius 2 is 2.04 bits per heavy atom. The normalized spacial score (nSPS) is 20.5. The molecule has 3 heterocycles. The number of aromatic nitrogens is 3. The third-order valence-corrected chi connectivity index (χ3v) is 4.83. The number of carbonyl (C=O) groups excluding carboxylic acids is 1. The van der Waals surface area contributed by atoms with Crippen LogP contribution in [0.2, 0.25) is 0 Å². The van der Waals surface area contributed by atoms with Gasteiger partial charge >= 0.3 is 6.03 Å². The molecule has 8 nitrogen and oxygen atoms in total. The fourth-order valence-electron chi connectivity index (χ4n) is 3.24. The Bertz CT molecular complexity index is 777. The number of likely N-dealkylation sites (tertiary alicyclic amines) is 1. The van der Waals surface area contributed by atoms with Crippen molar-refractivity contribution in [2.24, 2.45) is 0 Å². The average Bonchev–Trinajstić information content (AvgIpc) is 3.01. The van der Waals surface area contributed by atoms with E-state index in [2.05, 4.69) is 20.6 Å². The van der Waals surface area contributed by atoms with Crippen molar-refractivity contribution in [3.8, 4) is 0 Å². The Kier molecular flexibility index (Phi) is 3.97. The van der Waals surface area contributed by atoms with Gasteiger partial charge in [0.2, 0.25) is 5.89 Å². The van der Waals surface area contributed by atoms with E-state index in [-0.39, 0.29) is 18.0 Å². The lowest BCUT2D eigenvalue weighted by Gasteiger charge is -2.22. The third kappa shape index (κ3) is 3.01. The number of rotatable bonds is 4. The van der Waals surface area contributed by atoms with Gasteiger partial charge in [-0.3, -0.25) is 0 Å². The number of nitrogens with one attached hydrogen (secondary N) is 1. The first-order valence-corrected chi connectivity index (χ1v) is 8.92. The van der Waals surface area contributed by atoms with Gasteiger partial charge in [0.15, 0.2) is 11.6 Å². The summed E-state index contributed by atoms with van der Waals surface area (Å²) in [6.45, 7) is 6.53. The maximum atomic E-state index is 12.8. The lowest BCUT2D eigenvalue weighted by molar-refractivity contribution is 0.203. The summed E-state index contributed by atoms with van der Waals surface area (Å²) in [7, 11) is 0. The second-order valence-corrected chi connectivity index (χ2v) is 7.21. The Hall–Kier alpha value is -2.38. The van der Waals surface area contributed by atoms with Crippen molar-refractivity contribution < 1.29 is 13.8 Å². The molecular formula is C17H23N5O3. The standard InChI is InChI=1S/C17H23N5O3/c1-9(2)16-19-15(21-25-16)12-5-4-8-22(12)17(23)18-13-10(3)20-24-14(13)11-6-7-11/h9,11-12H,4-8H2,1-3H3,(H,18,23)/t12-/m0/s1. The molecule has 2 fully saturated rings. The van der Waals surface area contributed by atoms with Crippen LogP contribution in [0.3, 0.4) is 0 Å². The van der Waals surface area contributed by atoms with Crippen molar-refractivity contribution in [2.75, 3.05) is 11.9 Å². The molecule has 0 bridgehead atoms. The molecule has 0 spiro atoms. The molecule has 8 heteroatoms. The van der Waals surface area contributed by atoms with Crippen LogP contribution in [0.5, 0.6) is 0 Å².